The number of aliphatic hydroxyl groups excluding tert-OH is 3. The lowest BCUT2D eigenvalue weighted by molar-refractivity contribution is -0.222. The molecule has 1 aromatic heterocycles. The summed E-state index contributed by atoms with van der Waals surface area (Å²) < 4.78 is 17.4. The minimum absolute atomic E-state index is 0.0686. The van der Waals surface area contributed by atoms with Crippen LogP contribution in [0.4, 0.5) is 0 Å². The smallest absolute Gasteiger partial charge is 0.344 e. The largest absolute Gasteiger partial charge is 0.462 e. The zero-order valence-electron chi connectivity index (χ0n) is 30.5. The summed E-state index contributed by atoms with van der Waals surface area (Å²) in [6.45, 7) is 13.3. The van der Waals surface area contributed by atoms with E-state index in [4.69, 9.17) is 14.0 Å². The van der Waals surface area contributed by atoms with Gasteiger partial charge in [0.25, 0.3) is 0 Å². The van der Waals surface area contributed by atoms with E-state index in [1.54, 1.807) is 19.1 Å². The van der Waals surface area contributed by atoms with Crippen LogP contribution >= 0.6 is 0 Å². The lowest BCUT2D eigenvalue weighted by atomic mass is 9.56. The molecule has 10 nitrogen and oxygen atoms in total. The van der Waals surface area contributed by atoms with Gasteiger partial charge in [-0.3, -0.25) is 4.79 Å². The summed E-state index contributed by atoms with van der Waals surface area (Å²) in [6.07, 6.45) is 7.96. The average molecular weight is 686 g/mol. The maximum absolute atomic E-state index is 13.4. The summed E-state index contributed by atoms with van der Waals surface area (Å²) in [7, 11) is 0. The fourth-order valence-corrected chi connectivity index (χ4v) is 9.88. The SMILES string of the molecule is CCCCCCCCCC(=O)O[C@H]1C[C@@H](C)[C@]23C=C(C)[C@H](O)[C@@]2(O)[C@H](O)C(COC(=O)c2c(CC)noc2CC)=C[C@H](C3O)[C@H]2C1C2(C)C. The molecule has 1 spiro atoms. The van der Waals surface area contributed by atoms with E-state index in [-0.39, 0.29) is 41.0 Å². The molecule has 0 aromatic carbocycles. The number of nitrogens with zero attached hydrogens (tertiary/aromatic N) is 1. The zero-order chi connectivity index (χ0) is 35.9. The van der Waals surface area contributed by atoms with Crippen LogP contribution in [0.5, 0.6) is 0 Å². The first kappa shape index (κ1) is 37.7. The van der Waals surface area contributed by atoms with Crippen molar-refractivity contribution in [3.8, 4) is 0 Å². The Morgan fingerprint density at radius 3 is 2.31 bits per heavy atom. The van der Waals surface area contributed by atoms with Crippen molar-refractivity contribution >= 4 is 11.9 Å². The van der Waals surface area contributed by atoms with Gasteiger partial charge in [0.2, 0.25) is 0 Å². The van der Waals surface area contributed by atoms with Crippen molar-refractivity contribution in [2.24, 2.45) is 34.5 Å². The van der Waals surface area contributed by atoms with Gasteiger partial charge in [0, 0.05) is 24.7 Å². The first-order valence-electron chi connectivity index (χ1n) is 18.7. The Morgan fingerprint density at radius 2 is 1.65 bits per heavy atom. The van der Waals surface area contributed by atoms with Crippen LogP contribution in [-0.2, 0) is 27.1 Å². The maximum Gasteiger partial charge on any atom is 0.344 e. The number of rotatable bonds is 14. The van der Waals surface area contributed by atoms with Crippen LogP contribution in [0.2, 0.25) is 0 Å². The number of carbonyl (C=O) groups excluding carboxylic acids is 2. The zero-order valence-corrected chi connectivity index (χ0v) is 30.5. The Bertz CT molecular complexity index is 1410. The highest BCUT2D eigenvalue weighted by atomic mass is 16.5. The van der Waals surface area contributed by atoms with E-state index in [0.29, 0.717) is 42.7 Å². The first-order valence-corrected chi connectivity index (χ1v) is 18.7. The minimum atomic E-state index is -2.23. The van der Waals surface area contributed by atoms with E-state index in [9.17, 15) is 30.0 Å². The molecule has 0 aliphatic heterocycles. The molecule has 10 heteroatoms. The van der Waals surface area contributed by atoms with Crippen molar-refractivity contribution in [3.05, 3.63) is 40.3 Å². The summed E-state index contributed by atoms with van der Waals surface area (Å²) in [5.74, 6) is -1.81. The lowest BCUT2D eigenvalue weighted by Gasteiger charge is -2.53. The number of fused-ring (bicyclic) bond motifs is 3. The van der Waals surface area contributed by atoms with E-state index in [1.165, 1.54) is 25.7 Å². The molecule has 274 valence electrons. The van der Waals surface area contributed by atoms with E-state index in [0.717, 1.165) is 19.3 Å². The summed E-state index contributed by atoms with van der Waals surface area (Å²) in [6, 6.07) is 0. The highest BCUT2D eigenvalue weighted by Gasteiger charge is 2.75. The average Bonchev–Trinajstić information content (AvgIpc) is 3.33. The number of ether oxygens (including phenoxy) is 2. The molecule has 10 atom stereocenters. The van der Waals surface area contributed by atoms with Crippen LogP contribution in [0.15, 0.2) is 27.8 Å². The maximum atomic E-state index is 13.4. The summed E-state index contributed by atoms with van der Waals surface area (Å²) in [5, 5.41) is 52.7. The number of aryl methyl sites for hydroxylation is 2. The van der Waals surface area contributed by atoms with Crippen molar-refractivity contribution in [3.63, 3.8) is 0 Å². The second kappa shape index (κ2) is 14.6. The van der Waals surface area contributed by atoms with Crippen molar-refractivity contribution in [2.75, 3.05) is 6.61 Å². The number of hydrogen-bond donors (Lipinski definition) is 4. The molecule has 49 heavy (non-hydrogen) atoms. The molecule has 4 aliphatic rings. The summed E-state index contributed by atoms with van der Waals surface area (Å²) in [4.78, 5) is 26.7. The molecule has 0 radical (unpaired) electrons. The van der Waals surface area contributed by atoms with Gasteiger partial charge in [0.05, 0.1) is 17.2 Å². The van der Waals surface area contributed by atoms with E-state index < -0.39 is 53.2 Å². The highest BCUT2D eigenvalue weighted by Crippen LogP contribution is 2.71. The van der Waals surface area contributed by atoms with E-state index in [1.807, 2.05) is 20.8 Å². The highest BCUT2D eigenvalue weighted by molar-refractivity contribution is 5.91. The molecule has 2 fully saturated rings. The molecule has 4 N–H and O–H groups in total. The predicted molar refractivity (Wildman–Crippen MR) is 183 cm³/mol. The second-order valence-electron chi connectivity index (χ2n) is 15.8. The molecular formula is C39H59NO9. The third-order valence-electron chi connectivity index (χ3n) is 12.6. The second-order valence-corrected chi connectivity index (χ2v) is 15.8. The summed E-state index contributed by atoms with van der Waals surface area (Å²) in [5.41, 5.74) is -2.67. The molecule has 0 amide bonds. The number of aromatic nitrogens is 1. The van der Waals surface area contributed by atoms with Gasteiger partial charge in [-0.2, -0.15) is 0 Å². The fraction of sp³-hybridized carbons (Fsp3) is 0.769. The molecule has 1 aromatic rings. The molecular weight excluding hydrogens is 626 g/mol. The Morgan fingerprint density at radius 1 is 0.980 bits per heavy atom. The van der Waals surface area contributed by atoms with Crippen LogP contribution in [-0.4, -0.2) is 74.1 Å². The third kappa shape index (κ3) is 6.33. The van der Waals surface area contributed by atoms with Gasteiger partial charge < -0.3 is 34.4 Å². The predicted octanol–water partition coefficient (Wildman–Crippen LogP) is 5.64. The normalized spacial score (nSPS) is 36.0. The molecule has 1 heterocycles. The Balaban J connectivity index is 1.44. The monoisotopic (exact) mass is 685 g/mol. The van der Waals surface area contributed by atoms with Gasteiger partial charge in [0.15, 0.2) is 5.76 Å². The fourth-order valence-electron chi connectivity index (χ4n) is 9.88. The number of unbranched alkanes of at least 4 members (excludes halogenated alkanes) is 6. The van der Waals surface area contributed by atoms with Crippen molar-refractivity contribution in [1.82, 2.24) is 5.16 Å². The molecule has 2 bridgehead atoms. The minimum Gasteiger partial charge on any atom is -0.462 e. The van der Waals surface area contributed by atoms with Crippen LogP contribution < -0.4 is 0 Å². The topological polar surface area (TPSA) is 160 Å². The Kier molecular flexibility index (Phi) is 11.2. The lowest BCUT2D eigenvalue weighted by Crippen LogP contribution is -2.67. The van der Waals surface area contributed by atoms with Gasteiger partial charge in [-0.1, -0.05) is 97.4 Å². The third-order valence-corrected chi connectivity index (χ3v) is 12.6. The van der Waals surface area contributed by atoms with E-state index >= 15 is 0 Å². The standard InChI is InChI=1S/C39H59NO9/c1-8-11-12-13-14-15-16-17-29(41)48-28-18-23(5)38-20-22(4)33(42)39(38,46)34(43)24(19-25(35(38)44)31-32(28)37(31,6)7)21-47-36(45)30-26(9-2)40-49-27(30)10-3/h19-20,23,25,28,31-35,42-44,46H,8-18,21H2,1-7H3/t23-,25+,28+,31+,32?,33+,34-,35?,38+,39-/m1/s1. The van der Waals surface area contributed by atoms with Crippen molar-refractivity contribution in [1.29, 1.82) is 0 Å². The van der Waals surface area contributed by atoms with Crippen LogP contribution in [0.3, 0.4) is 0 Å². The van der Waals surface area contributed by atoms with Gasteiger partial charge in [-0.05, 0) is 54.6 Å². The first-order chi connectivity index (χ1) is 23.2. The molecule has 4 aliphatic carbocycles. The van der Waals surface area contributed by atoms with Gasteiger partial charge in [-0.25, -0.2) is 4.79 Å². The van der Waals surface area contributed by atoms with Gasteiger partial charge >= 0.3 is 11.9 Å². The van der Waals surface area contributed by atoms with E-state index in [2.05, 4.69) is 25.9 Å². The summed E-state index contributed by atoms with van der Waals surface area (Å²) >= 11 is 0. The number of hydrogen-bond acceptors (Lipinski definition) is 10. The number of aliphatic hydroxyl groups is 4. The van der Waals surface area contributed by atoms with Crippen molar-refractivity contribution in [2.45, 2.75) is 149 Å². The number of carbonyl (C=O) groups is 2. The van der Waals surface area contributed by atoms with Crippen molar-refractivity contribution < 1.29 is 44.0 Å². The van der Waals surface area contributed by atoms with Gasteiger partial charge in [-0.15, -0.1) is 0 Å². The van der Waals surface area contributed by atoms with Crippen LogP contribution in [0.1, 0.15) is 128 Å². The molecule has 2 unspecified atom stereocenters. The molecule has 0 saturated heterocycles. The Labute approximate surface area is 291 Å². The molecule has 5 rings (SSSR count). The van der Waals surface area contributed by atoms with Gasteiger partial charge in [0.1, 0.15) is 36.1 Å². The van der Waals surface area contributed by atoms with Crippen LogP contribution in [0, 0.1) is 34.5 Å². The molecule has 2 saturated carbocycles. The Hall–Kier alpha value is -2.53. The number of esters is 2. The quantitative estimate of drug-likeness (QED) is 0.110. The van der Waals surface area contributed by atoms with Crippen LogP contribution in [0.25, 0.3) is 0 Å².